The van der Waals surface area contributed by atoms with Crippen molar-refractivity contribution in [2.24, 2.45) is 0 Å². The van der Waals surface area contributed by atoms with E-state index in [0.717, 1.165) is 12.0 Å². The molecule has 1 rings (SSSR count). The van der Waals surface area contributed by atoms with Crippen LogP contribution >= 0.6 is 0 Å². The lowest BCUT2D eigenvalue weighted by atomic mass is 10.1. The Bertz CT molecular complexity index is 589. The van der Waals surface area contributed by atoms with Crippen LogP contribution in [0.3, 0.4) is 0 Å². The fraction of sp³-hybridized carbons (Fsp3) is 0.529. The van der Waals surface area contributed by atoms with E-state index in [9.17, 15) is 9.59 Å². The molecule has 0 aliphatic heterocycles. The van der Waals surface area contributed by atoms with E-state index < -0.39 is 12.1 Å². The van der Waals surface area contributed by atoms with Gasteiger partial charge in [0.15, 0.2) is 11.5 Å². The number of urea groups is 1. The Hall–Kier alpha value is -2.44. The van der Waals surface area contributed by atoms with E-state index in [0.29, 0.717) is 17.2 Å². The van der Waals surface area contributed by atoms with E-state index >= 15 is 0 Å². The second-order valence-electron chi connectivity index (χ2n) is 5.66. The van der Waals surface area contributed by atoms with Gasteiger partial charge in [-0.3, -0.25) is 4.79 Å². The Morgan fingerprint density at radius 1 is 1.08 bits per heavy atom. The zero-order chi connectivity index (χ0) is 18.3. The normalized spacial score (nSPS) is 12.8. The number of nitrogens with one attached hydrogen (secondary N) is 3. The summed E-state index contributed by atoms with van der Waals surface area (Å²) in [5.74, 6) is 0.881. The minimum absolute atomic E-state index is 0.0675. The van der Waals surface area contributed by atoms with Crippen molar-refractivity contribution in [3.63, 3.8) is 0 Å². The molecule has 3 N–H and O–H groups in total. The smallest absolute Gasteiger partial charge is 0.319 e. The predicted octanol–water partition coefficient (Wildman–Crippen LogP) is 2.44. The van der Waals surface area contributed by atoms with Crippen LogP contribution in [0.1, 0.15) is 32.8 Å². The molecule has 24 heavy (non-hydrogen) atoms. The van der Waals surface area contributed by atoms with Gasteiger partial charge >= 0.3 is 6.03 Å². The molecule has 7 nitrogen and oxygen atoms in total. The van der Waals surface area contributed by atoms with E-state index in [1.807, 2.05) is 20.8 Å². The van der Waals surface area contributed by atoms with Crippen LogP contribution in [0.25, 0.3) is 0 Å². The molecular formula is C17H27N3O4. The van der Waals surface area contributed by atoms with Gasteiger partial charge in [-0.05, 0) is 38.8 Å². The van der Waals surface area contributed by atoms with Crippen molar-refractivity contribution in [2.45, 2.75) is 46.2 Å². The molecule has 0 bridgehead atoms. The average molecular weight is 337 g/mol. The number of hydrogen-bond donors (Lipinski definition) is 3. The monoisotopic (exact) mass is 337 g/mol. The summed E-state index contributed by atoms with van der Waals surface area (Å²) in [6.07, 6.45) is 0.829. The molecule has 134 valence electrons. The summed E-state index contributed by atoms with van der Waals surface area (Å²) >= 11 is 0. The summed E-state index contributed by atoms with van der Waals surface area (Å²) in [5.41, 5.74) is 1.40. The van der Waals surface area contributed by atoms with Gasteiger partial charge in [-0.15, -0.1) is 0 Å². The Morgan fingerprint density at radius 2 is 1.67 bits per heavy atom. The van der Waals surface area contributed by atoms with E-state index in [-0.39, 0.29) is 11.9 Å². The third-order valence-electron chi connectivity index (χ3n) is 3.72. The highest BCUT2D eigenvalue weighted by Crippen LogP contribution is 2.32. The quantitative estimate of drug-likeness (QED) is 0.713. The number of aryl methyl sites for hydroxylation is 1. The van der Waals surface area contributed by atoms with Crippen LogP contribution in [0.2, 0.25) is 0 Å². The second kappa shape index (κ2) is 9.00. The van der Waals surface area contributed by atoms with Gasteiger partial charge in [-0.25, -0.2) is 4.79 Å². The van der Waals surface area contributed by atoms with Crippen molar-refractivity contribution < 1.29 is 19.1 Å². The van der Waals surface area contributed by atoms with E-state index in [4.69, 9.17) is 9.47 Å². The SMILES string of the molecule is CC[C@H](C)NC(=O)[C@H](C)NC(=O)Nc1cc(OC)c(OC)cc1C. The third-order valence-corrected chi connectivity index (χ3v) is 3.72. The van der Waals surface area contributed by atoms with Crippen molar-refractivity contribution >= 4 is 17.6 Å². The van der Waals surface area contributed by atoms with Crippen LogP contribution in [0.15, 0.2) is 12.1 Å². The second-order valence-corrected chi connectivity index (χ2v) is 5.66. The fourth-order valence-corrected chi connectivity index (χ4v) is 2.01. The number of benzene rings is 1. The zero-order valence-electron chi connectivity index (χ0n) is 15.1. The largest absolute Gasteiger partial charge is 0.493 e. The Labute approximate surface area is 143 Å². The maximum atomic E-state index is 12.1. The van der Waals surface area contributed by atoms with Gasteiger partial charge in [-0.2, -0.15) is 0 Å². The van der Waals surface area contributed by atoms with E-state index in [1.54, 1.807) is 26.2 Å². The molecule has 7 heteroatoms. The van der Waals surface area contributed by atoms with Gasteiger partial charge < -0.3 is 25.4 Å². The van der Waals surface area contributed by atoms with Crippen LogP contribution < -0.4 is 25.4 Å². The number of amides is 3. The molecule has 3 amide bonds. The molecule has 0 aliphatic rings. The highest BCUT2D eigenvalue weighted by atomic mass is 16.5. The first-order chi connectivity index (χ1) is 11.3. The lowest BCUT2D eigenvalue weighted by Crippen LogP contribution is -2.48. The van der Waals surface area contributed by atoms with Crippen LogP contribution in [-0.4, -0.2) is 38.2 Å². The summed E-state index contributed by atoms with van der Waals surface area (Å²) in [4.78, 5) is 24.1. The Kier molecular flexibility index (Phi) is 7.35. The van der Waals surface area contributed by atoms with Gasteiger partial charge in [0, 0.05) is 17.8 Å². The molecule has 0 aliphatic carbocycles. The molecule has 0 radical (unpaired) electrons. The number of anilines is 1. The van der Waals surface area contributed by atoms with E-state index in [2.05, 4.69) is 16.0 Å². The summed E-state index contributed by atoms with van der Waals surface area (Å²) in [6.45, 7) is 7.38. The summed E-state index contributed by atoms with van der Waals surface area (Å²) < 4.78 is 10.4. The molecular weight excluding hydrogens is 310 g/mol. The average Bonchev–Trinajstić information content (AvgIpc) is 2.55. The van der Waals surface area contributed by atoms with Crippen LogP contribution in [-0.2, 0) is 4.79 Å². The molecule has 0 heterocycles. The van der Waals surface area contributed by atoms with Gasteiger partial charge in [-0.1, -0.05) is 6.92 Å². The minimum atomic E-state index is -0.639. The minimum Gasteiger partial charge on any atom is -0.493 e. The summed E-state index contributed by atoms with van der Waals surface area (Å²) in [6, 6.07) is 2.42. The van der Waals surface area contributed by atoms with Crippen molar-refractivity contribution in [3.8, 4) is 11.5 Å². The highest BCUT2D eigenvalue weighted by molar-refractivity contribution is 5.94. The number of hydrogen-bond acceptors (Lipinski definition) is 4. The molecule has 0 fully saturated rings. The Balaban J connectivity index is 2.73. The number of carbonyl (C=O) groups excluding carboxylic acids is 2. The molecule has 0 spiro atoms. The number of ether oxygens (including phenoxy) is 2. The predicted molar refractivity (Wildman–Crippen MR) is 93.8 cm³/mol. The van der Waals surface area contributed by atoms with Crippen LogP contribution in [0, 0.1) is 6.92 Å². The molecule has 2 atom stereocenters. The molecule has 0 unspecified atom stereocenters. The standard InChI is InChI=1S/C17H27N3O4/c1-7-11(3)18-16(21)12(4)19-17(22)20-13-9-15(24-6)14(23-5)8-10(13)2/h8-9,11-12H,7H2,1-6H3,(H,18,21)(H2,19,20,22)/t11-,12-/m0/s1. The fourth-order valence-electron chi connectivity index (χ4n) is 2.01. The first kappa shape index (κ1) is 19.6. The molecule has 0 aromatic heterocycles. The van der Waals surface area contributed by atoms with Gasteiger partial charge in [0.2, 0.25) is 5.91 Å². The number of carbonyl (C=O) groups is 2. The van der Waals surface area contributed by atoms with E-state index in [1.165, 1.54) is 7.11 Å². The van der Waals surface area contributed by atoms with Gasteiger partial charge in [0.1, 0.15) is 6.04 Å². The summed E-state index contributed by atoms with van der Waals surface area (Å²) in [5, 5.41) is 8.17. The first-order valence-electron chi connectivity index (χ1n) is 7.92. The topological polar surface area (TPSA) is 88.7 Å². The molecule has 1 aromatic rings. The number of methoxy groups -OCH3 is 2. The van der Waals surface area contributed by atoms with Crippen molar-refractivity contribution in [3.05, 3.63) is 17.7 Å². The van der Waals surface area contributed by atoms with Gasteiger partial charge in [0.05, 0.1) is 14.2 Å². The Morgan fingerprint density at radius 3 is 2.21 bits per heavy atom. The number of rotatable bonds is 7. The van der Waals surface area contributed by atoms with Crippen molar-refractivity contribution in [1.82, 2.24) is 10.6 Å². The molecule has 0 saturated carbocycles. The van der Waals surface area contributed by atoms with Crippen LogP contribution in [0.5, 0.6) is 11.5 Å². The van der Waals surface area contributed by atoms with Crippen molar-refractivity contribution in [2.75, 3.05) is 19.5 Å². The maximum Gasteiger partial charge on any atom is 0.319 e. The van der Waals surface area contributed by atoms with Gasteiger partial charge in [0.25, 0.3) is 0 Å². The summed E-state index contributed by atoms with van der Waals surface area (Å²) in [7, 11) is 3.08. The molecule has 1 aromatic carbocycles. The molecule has 0 saturated heterocycles. The first-order valence-corrected chi connectivity index (χ1v) is 7.92. The maximum absolute atomic E-state index is 12.1. The lowest BCUT2D eigenvalue weighted by Gasteiger charge is -2.18. The third kappa shape index (κ3) is 5.33. The zero-order valence-corrected chi connectivity index (χ0v) is 15.1. The highest BCUT2D eigenvalue weighted by Gasteiger charge is 2.18. The van der Waals surface area contributed by atoms with Crippen LogP contribution in [0.4, 0.5) is 10.5 Å². The van der Waals surface area contributed by atoms with Crippen molar-refractivity contribution in [1.29, 1.82) is 0 Å². The lowest BCUT2D eigenvalue weighted by molar-refractivity contribution is -0.123.